The molecule has 2 atom stereocenters. The third-order valence-corrected chi connectivity index (χ3v) is 12.2. The van der Waals surface area contributed by atoms with Gasteiger partial charge in [-0.15, -0.1) is 0 Å². The van der Waals surface area contributed by atoms with Gasteiger partial charge in [0.15, 0.2) is 6.23 Å². The monoisotopic (exact) mass is 710 g/mol. The highest BCUT2D eigenvalue weighted by atomic mass is 35.5. The lowest BCUT2D eigenvalue weighted by Crippen LogP contribution is -2.63. The number of amides is 1. The van der Waals surface area contributed by atoms with Crippen molar-refractivity contribution in [2.24, 2.45) is 5.41 Å². The summed E-state index contributed by atoms with van der Waals surface area (Å²) in [7, 11) is 0. The van der Waals surface area contributed by atoms with Crippen molar-refractivity contribution < 1.29 is 13.9 Å². The van der Waals surface area contributed by atoms with Gasteiger partial charge in [0.25, 0.3) is 0 Å². The maximum atomic E-state index is 13.8. The molecule has 1 spiro atoms. The quantitative estimate of drug-likeness (QED) is 0.158. The van der Waals surface area contributed by atoms with Crippen LogP contribution >= 0.6 is 11.6 Å². The van der Waals surface area contributed by atoms with E-state index in [2.05, 4.69) is 60.5 Å². The molecule has 1 unspecified atom stereocenters. The SMILES string of the molecule is C=CC(=O)N1CC2(CC(n3nc(-c4ccc5nn(CCN6CC[C@H](F)C6)cc5c4)c(-c4c(Cl)c(C)cc5c4cnn5C4CCCCO4)c3C)C2)C1. The summed E-state index contributed by atoms with van der Waals surface area (Å²) in [5.41, 5.74) is 7.93. The molecule has 1 aliphatic carbocycles. The average Bonchev–Trinajstić information content (AvgIpc) is 3.89. The number of fused-ring (bicyclic) bond motifs is 2. The van der Waals surface area contributed by atoms with Gasteiger partial charge < -0.3 is 9.64 Å². The highest BCUT2D eigenvalue weighted by molar-refractivity contribution is 6.36. The Kier molecular flexibility index (Phi) is 8.08. The summed E-state index contributed by atoms with van der Waals surface area (Å²) in [6, 6.07) is 8.70. The van der Waals surface area contributed by atoms with Crippen LogP contribution in [0.2, 0.25) is 5.02 Å². The van der Waals surface area contributed by atoms with E-state index in [-0.39, 0.29) is 23.6 Å². The van der Waals surface area contributed by atoms with Crippen molar-refractivity contribution in [1.29, 1.82) is 0 Å². The molecule has 6 heterocycles. The molecule has 2 aromatic carbocycles. The first kappa shape index (κ1) is 32.8. The van der Waals surface area contributed by atoms with Crippen LogP contribution in [0.1, 0.15) is 62.1 Å². The standard InChI is InChI=1S/C39H44ClFN8O2/c1-4-33(50)46-22-39(23-46)17-29(18-39)48-25(3)35(36-30-19-42-49(34-7-5-6-14-51-34)32(30)15-24(2)37(36)40)38(44-48)26-8-9-31-27(16-26)20-47(43-31)13-12-45-11-10-28(41)21-45/h4,8-9,15-16,19-20,28-29,34H,1,5-7,10-14,17-18,21-23H2,2-3H3/t28-,34?/m0/s1. The van der Waals surface area contributed by atoms with Gasteiger partial charge >= 0.3 is 0 Å². The Balaban J connectivity index is 1.12. The van der Waals surface area contributed by atoms with Crippen LogP contribution in [0.3, 0.4) is 0 Å². The van der Waals surface area contributed by atoms with E-state index in [1.807, 2.05) is 20.5 Å². The predicted molar refractivity (Wildman–Crippen MR) is 196 cm³/mol. The number of aromatic nitrogens is 6. The van der Waals surface area contributed by atoms with Crippen LogP contribution in [0.15, 0.2) is 49.3 Å². The molecule has 0 bridgehead atoms. The summed E-state index contributed by atoms with van der Waals surface area (Å²) in [5.74, 6) is 0.00403. The lowest BCUT2D eigenvalue weighted by atomic mass is 9.60. The highest BCUT2D eigenvalue weighted by Gasteiger charge is 2.54. The number of carbonyl (C=O) groups is 1. The number of ether oxygens (including phenoxy) is 1. The van der Waals surface area contributed by atoms with Crippen LogP contribution in [0.5, 0.6) is 0 Å². The fraction of sp³-hybridized carbons (Fsp3) is 0.487. The van der Waals surface area contributed by atoms with Crippen molar-refractivity contribution >= 4 is 39.3 Å². The maximum Gasteiger partial charge on any atom is 0.245 e. The second-order valence-electron chi connectivity index (χ2n) is 15.3. The number of carbonyl (C=O) groups excluding carboxylic acids is 1. The molecule has 4 fully saturated rings. The van der Waals surface area contributed by atoms with Crippen molar-refractivity contribution in [1.82, 2.24) is 39.1 Å². The topological polar surface area (TPSA) is 86.2 Å². The van der Waals surface area contributed by atoms with Gasteiger partial charge in [-0.3, -0.25) is 19.1 Å². The molecule has 1 saturated carbocycles. The van der Waals surface area contributed by atoms with Crippen LogP contribution in [-0.4, -0.2) is 90.6 Å². The van der Waals surface area contributed by atoms with E-state index >= 15 is 0 Å². The predicted octanol–water partition coefficient (Wildman–Crippen LogP) is 7.28. The first-order valence-electron chi connectivity index (χ1n) is 18.3. The summed E-state index contributed by atoms with van der Waals surface area (Å²) >= 11 is 7.31. The molecule has 4 aliphatic rings. The fourth-order valence-corrected chi connectivity index (χ4v) is 9.30. The van der Waals surface area contributed by atoms with Gasteiger partial charge in [0.05, 0.1) is 34.8 Å². The second-order valence-corrected chi connectivity index (χ2v) is 15.7. The Morgan fingerprint density at radius 2 is 1.94 bits per heavy atom. The maximum absolute atomic E-state index is 13.8. The highest BCUT2D eigenvalue weighted by Crippen LogP contribution is 2.55. The Morgan fingerprint density at radius 3 is 2.69 bits per heavy atom. The van der Waals surface area contributed by atoms with Gasteiger partial charge in [-0.1, -0.05) is 24.2 Å². The summed E-state index contributed by atoms with van der Waals surface area (Å²) < 4.78 is 26.1. The van der Waals surface area contributed by atoms with Gasteiger partial charge in [-0.2, -0.15) is 15.3 Å². The molecule has 3 aliphatic heterocycles. The largest absolute Gasteiger partial charge is 0.356 e. The van der Waals surface area contributed by atoms with E-state index in [1.165, 1.54) is 6.08 Å². The molecule has 1 amide bonds. The van der Waals surface area contributed by atoms with Gasteiger partial charge in [0.1, 0.15) is 11.9 Å². The minimum absolute atomic E-state index is 0.00403. The smallest absolute Gasteiger partial charge is 0.245 e. The van der Waals surface area contributed by atoms with Gasteiger partial charge in [0, 0.05) is 84.1 Å². The normalized spacial score (nSPS) is 22.2. The zero-order chi connectivity index (χ0) is 35.0. The summed E-state index contributed by atoms with van der Waals surface area (Å²) in [5, 5.41) is 17.8. The van der Waals surface area contributed by atoms with Crippen molar-refractivity contribution in [2.45, 2.75) is 77.4 Å². The third kappa shape index (κ3) is 5.59. The Labute approximate surface area is 301 Å². The zero-order valence-corrected chi connectivity index (χ0v) is 30.1. The molecule has 0 radical (unpaired) electrons. The van der Waals surface area contributed by atoms with Crippen molar-refractivity contribution in [3.05, 3.63) is 65.6 Å². The summed E-state index contributed by atoms with van der Waals surface area (Å²) in [4.78, 5) is 16.3. The van der Waals surface area contributed by atoms with Crippen molar-refractivity contribution in [3.63, 3.8) is 0 Å². The minimum atomic E-state index is -0.727. The first-order chi connectivity index (χ1) is 24.7. The molecular formula is C39H44ClFN8O2. The van der Waals surface area contributed by atoms with E-state index in [9.17, 15) is 9.18 Å². The number of nitrogens with zero attached hydrogens (tertiary/aromatic N) is 8. The Bertz CT molecular complexity index is 2170. The van der Waals surface area contributed by atoms with E-state index < -0.39 is 6.17 Å². The minimum Gasteiger partial charge on any atom is -0.356 e. The lowest BCUT2D eigenvalue weighted by molar-refractivity contribution is -0.149. The summed E-state index contributed by atoms with van der Waals surface area (Å²) in [6.07, 6.45) is 10.3. The van der Waals surface area contributed by atoms with E-state index in [4.69, 9.17) is 31.6 Å². The van der Waals surface area contributed by atoms with E-state index in [0.717, 1.165) is 120 Å². The number of alkyl halides is 1. The molecule has 3 aromatic heterocycles. The fourth-order valence-electron chi connectivity index (χ4n) is 9.05. The third-order valence-electron chi connectivity index (χ3n) is 11.8. The Morgan fingerprint density at radius 1 is 1.10 bits per heavy atom. The average molecular weight is 711 g/mol. The zero-order valence-electron chi connectivity index (χ0n) is 29.3. The van der Waals surface area contributed by atoms with Crippen LogP contribution < -0.4 is 0 Å². The molecule has 266 valence electrons. The number of benzene rings is 2. The van der Waals surface area contributed by atoms with Crippen molar-refractivity contribution in [2.75, 3.05) is 39.3 Å². The summed E-state index contributed by atoms with van der Waals surface area (Å²) in [6.45, 7) is 12.9. The second kappa shape index (κ2) is 12.6. The van der Waals surface area contributed by atoms with Crippen LogP contribution in [0, 0.1) is 19.3 Å². The lowest BCUT2D eigenvalue weighted by Gasteiger charge is -2.58. The number of hydrogen-bond acceptors (Lipinski definition) is 6. The van der Waals surface area contributed by atoms with Crippen LogP contribution in [0.4, 0.5) is 4.39 Å². The van der Waals surface area contributed by atoms with Crippen LogP contribution in [0.25, 0.3) is 44.2 Å². The molecular weight excluding hydrogens is 667 g/mol. The van der Waals surface area contributed by atoms with Gasteiger partial charge in [0.2, 0.25) is 5.91 Å². The van der Waals surface area contributed by atoms with E-state index in [0.29, 0.717) is 24.5 Å². The number of hydrogen-bond donors (Lipinski definition) is 0. The number of halogens is 2. The molecule has 51 heavy (non-hydrogen) atoms. The molecule has 9 rings (SSSR count). The van der Waals surface area contributed by atoms with E-state index in [1.54, 1.807) is 0 Å². The van der Waals surface area contributed by atoms with Gasteiger partial charge in [-0.25, -0.2) is 9.07 Å². The number of likely N-dealkylation sites (tertiary alicyclic amines) is 2. The van der Waals surface area contributed by atoms with Crippen molar-refractivity contribution in [3.8, 4) is 22.4 Å². The molecule has 5 aromatic rings. The molecule has 10 nitrogen and oxygen atoms in total. The van der Waals surface area contributed by atoms with Gasteiger partial charge in [-0.05, 0) is 82.2 Å². The number of aryl methyl sites for hydroxylation is 1. The van der Waals surface area contributed by atoms with Crippen LogP contribution in [-0.2, 0) is 16.1 Å². The Hall–Kier alpha value is -4.06. The molecule has 3 saturated heterocycles. The molecule has 12 heteroatoms. The number of rotatable bonds is 8. The first-order valence-corrected chi connectivity index (χ1v) is 18.7. The molecule has 0 N–H and O–H groups in total.